The molecular weight excluding hydrogens is 256 g/mol. The number of halogens is 1. The maximum Gasteiger partial charge on any atom is 0.199 e. The molecule has 0 amide bonds. The number of aromatic nitrogens is 1. The van der Waals surface area contributed by atoms with E-state index in [-0.39, 0.29) is 5.41 Å². The SMILES string of the molecule is CN(C)C(Cl)=Nc1snc(C(C)(C)C)c1C#N. The van der Waals surface area contributed by atoms with Crippen molar-refractivity contribution in [2.75, 3.05) is 14.1 Å². The van der Waals surface area contributed by atoms with Gasteiger partial charge in [-0.3, -0.25) is 0 Å². The van der Waals surface area contributed by atoms with Crippen LogP contribution in [0.5, 0.6) is 0 Å². The number of hydrogen-bond acceptors (Lipinski definition) is 4. The third kappa shape index (κ3) is 3.18. The van der Waals surface area contributed by atoms with Crippen LogP contribution in [-0.2, 0) is 5.41 Å². The highest BCUT2D eigenvalue weighted by molar-refractivity contribution is 7.10. The van der Waals surface area contributed by atoms with Gasteiger partial charge in [0.2, 0.25) is 0 Å². The van der Waals surface area contributed by atoms with Crippen molar-refractivity contribution >= 4 is 33.4 Å². The molecule has 1 aromatic heterocycles. The summed E-state index contributed by atoms with van der Waals surface area (Å²) in [6, 6.07) is 2.16. The molecule has 0 unspecified atom stereocenters. The molecule has 1 rings (SSSR count). The van der Waals surface area contributed by atoms with E-state index < -0.39 is 0 Å². The van der Waals surface area contributed by atoms with E-state index in [2.05, 4.69) is 15.4 Å². The maximum atomic E-state index is 9.19. The van der Waals surface area contributed by atoms with Crippen LogP contribution in [0.15, 0.2) is 4.99 Å². The number of amidine groups is 1. The molecule has 17 heavy (non-hydrogen) atoms. The first-order chi connectivity index (χ1) is 7.77. The summed E-state index contributed by atoms with van der Waals surface area (Å²) < 4.78 is 4.31. The number of aliphatic imine (C=N–C) groups is 1. The van der Waals surface area contributed by atoms with E-state index in [0.29, 0.717) is 15.9 Å². The van der Waals surface area contributed by atoms with Gasteiger partial charge in [0.05, 0.1) is 5.69 Å². The molecule has 1 heterocycles. The zero-order valence-electron chi connectivity index (χ0n) is 10.6. The first-order valence-electron chi connectivity index (χ1n) is 5.09. The Bertz CT molecular complexity index is 477. The molecule has 0 spiro atoms. The highest BCUT2D eigenvalue weighted by atomic mass is 35.5. The van der Waals surface area contributed by atoms with Crippen molar-refractivity contribution in [2.45, 2.75) is 26.2 Å². The fraction of sp³-hybridized carbons (Fsp3) is 0.545. The van der Waals surface area contributed by atoms with Crippen LogP contribution in [-0.4, -0.2) is 28.7 Å². The van der Waals surface area contributed by atoms with Gasteiger partial charge < -0.3 is 4.90 Å². The average molecular weight is 271 g/mol. The zero-order valence-corrected chi connectivity index (χ0v) is 12.1. The molecule has 0 atom stereocenters. The summed E-state index contributed by atoms with van der Waals surface area (Å²) in [6.07, 6.45) is 0. The Morgan fingerprint density at radius 1 is 1.47 bits per heavy atom. The monoisotopic (exact) mass is 270 g/mol. The molecule has 0 saturated carbocycles. The summed E-state index contributed by atoms with van der Waals surface area (Å²) in [7, 11) is 3.59. The minimum atomic E-state index is -0.167. The van der Waals surface area contributed by atoms with Crippen molar-refractivity contribution in [3.63, 3.8) is 0 Å². The second kappa shape index (κ2) is 5.03. The largest absolute Gasteiger partial charge is 0.353 e. The van der Waals surface area contributed by atoms with Crippen LogP contribution >= 0.6 is 23.1 Å². The number of nitrogens with zero attached hydrogens (tertiary/aromatic N) is 4. The first kappa shape index (κ1) is 13.9. The Balaban J connectivity index is 3.27. The molecule has 0 bridgehead atoms. The molecule has 0 fully saturated rings. The summed E-state index contributed by atoms with van der Waals surface area (Å²) >= 11 is 7.15. The first-order valence-corrected chi connectivity index (χ1v) is 6.24. The molecule has 6 heteroatoms. The van der Waals surface area contributed by atoms with E-state index in [1.54, 1.807) is 19.0 Å². The highest BCUT2D eigenvalue weighted by Gasteiger charge is 2.24. The van der Waals surface area contributed by atoms with Crippen LogP contribution in [0.2, 0.25) is 0 Å². The lowest BCUT2D eigenvalue weighted by molar-refractivity contribution is 0.574. The maximum absolute atomic E-state index is 9.19. The van der Waals surface area contributed by atoms with Crippen molar-refractivity contribution in [3.8, 4) is 6.07 Å². The Kier molecular flexibility index (Phi) is 4.12. The lowest BCUT2D eigenvalue weighted by atomic mass is 9.90. The van der Waals surface area contributed by atoms with E-state index in [1.165, 1.54) is 11.5 Å². The molecule has 0 saturated heterocycles. The van der Waals surface area contributed by atoms with Gasteiger partial charge >= 0.3 is 0 Å². The van der Waals surface area contributed by atoms with Crippen molar-refractivity contribution < 1.29 is 0 Å². The quantitative estimate of drug-likeness (QED) is 0.448. The number of hydrogen-bond donors (Lipinski definition) is 0. The smallest absolute Gasteiger partial charge is 0.199 e. The van der Waals surface area contributed by atoms with Gasteiger partial charge in [0, 0.05) is 19.5 Å². The molecule has 92 valence electrons. The second-order valence-corrected chi connectivity index (χ2v) is 5.94. The Morgan fingerprint density at radius 3 is 2.47 bits per heavy atom. The van der Waals surface area contributed by atoms with E-state index in [4.69, 9.17) is 11.6 Å². The van der Waals surface area contributed by atoms with Crippen molar-refractivity contribution in [1.29, 1.82) is 5.26 Å². The number of nitriles is 1. The molecular formula is C11H15ClN4S. The van der Waals surface area contributed by atoms with Crippen molar-refractivity contribution in [1.82, 2.24) is 9.27 Å². The summed E-state index contributed by atoms with van der Waals surface area (Å²) in [6.45, 7) is 6.05. The highest BCUT2D eigenvalue weighted by Crippen LogP contribution is 2.34. The topological polar surface area (TPSA) is 52.3 Å². The lowest BCUT2D eigenvalue weighted by Gasteiger charge is -2.15. The molecule has 0 radical (unpaired) electrons. The summed E-state index contributed by atoms with van der Waals surface area (Å²) in [5.41, 5.74) is 1.12. The van der Waals surface area contributed by atoms with E-state index >= 15 is 0 Å². The zero-order chi connectivity index (χ0) is 13.2. The van der Waals surface area contributed by atoms with Crippen LogP contribution in [0.1, 0.15) is 32.0 Å². The summed E-state index contributed by atoms with van der Waals surface area (Å²) in [5, 5.41) is 10.1. The van der Waals surface area contributed by atoms with Crippen LogP contribution in [0.4, 0.5) is 5.00 Å². The van der Waals surface area contributed by atoms with E-state index in [0.717, 1.165) is 5.69 Å². The molecule has 0 aliphatic carbocycles. The van der Waals surface area contributed by atoms with Crippen LogP contribution < -0.4 is 0 Å². The average Bonchev–Trinajstić information content (AvgIpc) is 2.59. The third-order valence-electron chi connectivity index (χ3n) is 2.06. The molecule has 0 aliphatic rings. The third-order valence-corrected chi connectivity index (χ3v) is 3.22. The second-order valence-electron chi connectivity index (χ2n) is 4.85. The van der Waals surface area contributed by atoms with Crippen molar-refractivity contribution in [3.05, 3.63) is 11.3 Å². The molecule has 0 aromatic carbocycles. The van der Waals surface area contributed by atoms with Gasteiger partial charge in [-0.25, -0.2) is 4.99 Å². The van der Waals surface area contributed by atoms with E-state index in [9.17, 15) is 5.26 Å². The fourth-order valence-corrected chi connectivity index (χ4v) is 2.19. The molecule has 0 N–H and O–H groups in total. The minimum Gasteiger partial charge on any atom is -0.353 e. The normalized spacial score (nSPS) is 12.4. The van der Waals surface area contributed by atoms with Gasteiger partial charge in [-0.1, -0.05) is 20.8 Å². The van der Waals surface area contributed by atoms with Crippen LogP contribution in [0.3, 0.4) is 0 Å². The van der Waals surface area contributed by atoms with Gasteiger partial charge in [0.15, 0.2) is 10.3 Å². The molecule has 0 aliphatic heterocycles. The van der Waals surface area contributed by atoms with Crippen LogP contribution in [0.25, 0.3) is 0 Å². The predicted octanol–water partition coefficient (Wildman–Crippen LogP) is 3.10. The summed E-state index contributed by atoms with van der Waals surface area (Å²) in [5.74, 6) is 0. The Labute approximate surface area is 111 Å². The Hall–Kier alpha value is -1.12. The van der Waals surface area contributed by atoms with E-state index in [1.807, 2.05) is 20.8 Å². The van der Waals surface area contributed by atoms with Gasteiger partial charge in [-0.05, 0) is 23.1 Å². The molecule has 4 nitrogen and oxygen atoms in total. The predicted molar refractivity (Wildman–Crippen MR) is 72.2 cm³/mol. The lowest BCUT2D eigenvalue weighted by Crippen LogP contribution is -2.15. The van der Waals surface area contributed by atoms with Gasteiger partial charge in [0.25, 0.3) is 0 Å². The Morgan fingerprint density at radius 2 is 2.06 bits per heavy atom. The van der Waals surface area contributed by atoms with Crippen molar-refractivity contribution in [2.24, 2.45) is 4.99 Å². The number of rotatable bonds is 1. The standard InChI is InChI=1S/C11H15ClN4S/c1-11(2,3)8-7(6-13)9(17-15-8)14-10(12)16(4)5/h1-5H3. The van der Waals surface area contributed by atoms with Gasteiger partial charge in [-0.15, -0.1) is 0 Å². The fourth-order valence-electron chi connectivity index (χ4n) is 1.15. The summed E-state index contributed by atoms with van der Waals surface area (Å²) in [4.78, 5) is 5.88. The minimum absolute atomic E-state index is 0.167. The van der Waals surface area contributed by atoms with Gasteiger partial charge in [-0.2, -0.15) is 9.64 Å². The molecule has 1 aromatic rings. The van der Waals surface area contributed by atoms with Crippen LogP contribution in [0, 0.1) is 11.3 Å². The van der Waals surface area contributed by atoms with Gasteiger partial charge in [0.1, 0.15) is 11.6 Å².